The first-order chi connectivity index (χ1) is 28.1. The molecule has 0 bridgehead atoms. The van der Waals surface area contributed by atoms with Gasteiger partial charge in [0.1, 0.15) is 0 Å². The molecule has 0 unspecified atom stereocenters. The molecule has 0 aliphatic heterocycles. The summed E-state index contributed by atoms with van der Waals surface area (Å²) in [4.78, 5) is 97.7. The summed E-state index contributed by atoms with van der Waals surface area (Å²) in [5.41, 5.74) is -14.8. The van der Waals surface area contributed by atoms with Crippen molar-refractivity contribution in [3.63, 3.8) is 0 Å². The number of aryl methyl sites for hydroxylation is 6. The Morgan fingerprint density at radius 2 is 0.441 bits per heavy atom. The van der Waals surface area contributed by atoms with Crippen LogP contribution in [0.15, 0.2) is 146 Å². The van der Waals surface area contributed by atoms with E-state index in [-0.39, 0.29) is 33.4 Å². The zero-order valence-electron chi connectivity index (χ0n) is 33.4. The van der Waals surface area contributed by atoms with Gasteiger partial charge in [-0.05, 0) is 0 Å². The average Bonchev–Trinajstić information content (AvgIpc) is 3.21. The van der Waals surface area contributed by atoms with E-state index < -0.39 is 56.6 Å². The number of carbonyl (C=O) groups is 6. The van der Waals surface area contributed by atoms with E-state index in [0.717, 1.165) is 0 Å². The molecule has 6 aromatic carbocycles. The van der Waals surface area contributed by atoms with Crippen molar-refractivity contribution in [3.8, 4) is 0 Å². The van der Waals surface area contributed by atoms with Crippen molar-refractivity contribution in [1.82, 2.24) is 0 Å². The van der Waals surface area contributed by atoms with Gasteiger partial charge in [-0.15, -0.1) is 0 Å². The van der Waals surface area contributed by atoms with Crippen LogP contribution in [0.5, 0.6) is 0 Å². The van der Waals surface area contributed by atoms with Gasteiger partial charge in [0, 0.05) is 0 Å². The molecule has 0 saturated heterocycles. The van der Waals surface area contributed by atoms with Gasteiger partial charge < -0.3 is 0 Å². The number of benzene rings is 6. The fourth-order valence-corrected chi connectivity index (χ4v) is 53.7. The molecular formula is C48H44Cl2O6P2Pd. The number of halogens is 2. The van der Waals surface area contributed by atoms with Crippen molar-refractivity contribution >= 4 is 63.1 Å². The fraction of sp³-hybridized carbons (Fsp3) is 0.125. The number of hydrogen-bond acceptors (Lipinski definition) is 6. The van der Waals surface area contributed by atoms with Crippen LogP contribution in [0.2, 0.25) is 0 Å². The van der Waals surface area contributed by atoms with Crippen LogP contribution in [-0.4, -0.2) is 33.1 Å². The maximum atomic E-state index is 16.3. The minimum absolute atomic E-state index is 0.0119. The van der Waals surface area contributed by atoms with E-state index in [1.165, 1.54) is 36.4 Å². The summed E-state index contributed by atoms with van der Waals surface area (Å²) < 4.78 is 0. The van der Waals surface area contributed by atoms with E-state index in [2.05, 4.69) is 0 Å². The second-order valence-electron chi connectivity index (χ2n) is 14.5. The molecule has 0 N–H and O–H groups in total. The van der Waals surface area contributed by atoms with Gasteiger partial charge in [0.25, 0.3) is 0 Å². The molecule has 6 nitrogen and oxygen atoms in total. The monoisotopic (exact) mass is 954 g/mol. The van der Waals surface area contributed by atoms with Crippen molar-refractivity contribution in [1.29, 1.82) is 0 Å². The van der Waals surface area contributed by atoms with Crippen molar-refractivity contribution < 1.29 is 41.3 Å². The zero-order chi connectivity index (χ0) is 42.9. The standard InChI is InChI=1S/2C24H21O3P.2ClH.Pd/c2*1-16-10-4-7-13-19(16)22(25)28(23(26)20-14-8-5-11-17(20)2)24(27)21-15-9-6-12-18(21)3;;;/h2*4-15H,1-3H3;2*1H;. The molecule has 11 heteroatoms. The molecule has 0 amide bonds. The van der Waals surface area contributed by atoms with Crippen LogP contribution in [0.4, 0.5) is 0 Å². The van der Waals surface area contributed by atoms with Gasteiger partial charge in [0.2, 0.25) is 0 Å². The normalized spacial score (nSPS) is 12.6. The summed E-state index contributed by atoms with van der Waals surface area (Å²) in [5.74, 6) is 0. The first-order valence-corrected chi connectivity index (χ1v) is 31.0. The Balaban J connectivity index is 1.95. The van der Waals surface area contributed by atoms with E-state index >= 15 is 28.8 Å². The van der Waals surface area contributed by atoms with Gasteiger partial charge in [-0.2, -0.15) is 0 Å². The average molecular weight is 956 g/mol. The summed E-state index contributed by atoms with van der Waals surface area (Å²) in [5, 5.41) is 0. The van der Waals surface area contributed by atoms with E-state index in [9.17, 15) is 0 Å². The number of rotatable bonds is 14. The third kappa shape index (κ3) is 7.27. The topological polar surface area (TPSA) is 102 Å². The fourth-order valence-electron chi connectivity index (χ4n) is 7.37. The Kier molecular flexibility index (Phi) is 13.1. The molecule has 0 saturated carbocycles. The van der Waals surface area contributed by atoms with Gasteiger partial charge in [-0.1, -0.05) is 0 Å². The SMILES string of the molecule is Cc1ccccc1C(=O)[PH](C(=O)c1ccccc1C)(C(=O)c1ccccc1C)[Pd]([Cl])([Cl])[PH](C(=O)c1ccccc1C)(C(=O)c1ccccc1C)C(=O)c1ccccc1C. The molecule has 6 aromatic rings. The summed E-state index contributed by atoms with van der Waals surface area (Å²) in [6.45, 7) is 9.98. The predicted octanol–water partition coefficient (Wildman–Crippen LogP) is 12.7. The maximum absolute atomic E-state index is 16.3. The molecule has 0 spiro atoms. The quantitative estimate of drug-likeness (QED) is 0.0796. The van der Waals surface area contributed by atoms with Crippen molar-refractivity contribution in [2.45, 2.75) is 41.5 Å². The Labute approximate surface area is 356 Å². The molecule has 0 radical (unpaired) electrons. The second kappa shape index (κ2) is 17.6. The first kappa shape index (κ1) is 44.0. The van der Waals surface area contributed by atoms with Gasteiger partial charge in [-0.25, -0.2) is 0 Å². The molecule has 0 atom stereocenters. The Morgan fingerprint density at radius 1 is 0.305 bits per heavy atom. The first-order valence-electron chi connectivity index (χ1n) is 18.7. The summed E-state index contributed by atoms with van der Waals surface area (Å²) in [6.07, 6.45) is 0. The summed E-state index contributed by atoms with van der Waals surface area (Å²) >= 11 is -5.95. The van der Waals surface area contributed by atoms with Gasteiger partial charge >= 0.3 is 358 Å². The summed E-state index contributed by atoms with van der Waals surface area (Å²) in [7, 11) is 16.6. The molecule has 0 aliphatic rings. The Morgan fingerprint density at radius 3 is 0.576 bits per heavy atom. The van der Waals surface area contributed by atoms with Crippen LogP contribution in [0.3, 0.4) is 0 Å². The van der Waals surface area contributed by atoms with Crippen molar-refractivity contribution in [2.24, 2.45) is 0 Å². The van der Waals surface area contributed by atoms with E-state index in [0.29, 0.717) is 33.4 Å². The molecule has 0 heterocycles. The van der Waals surface area contributed by atoms with E-state index in [1.54, 1.807) is 151 Å². The van der Waals surface area contributed by atoms with Crippen LogP contribution >= 0.6 is 30.0 Å². The number of carbonyl (C=O) groups excluding carboxylic acids is 6. The van der Waals surface area contributed by atoms with Crippen LogP contribution < -0.4 is 0 Å². The summed E-state index contributed by atoms with van der Waals surface area (Å²) in [6, 6.07) is 38.8. The van der Waals surface area contributed by atoms with Crippen LogP contribution in [-0.2, 0) is 12.5 Å². The second-order valence-corrected chi connectivity index (χ2v) is 45.6. The third-order valence-electron chi connectivity index (χ3n) is 10.7. The molecule has 6 rings (SSSR count). The van der Waals surface area contributed by atoms with Crippen LogP contribution in [0.1, 0.15) is 95.5 Å². The Hall–Kier alpha value is -4.56. The van der Waals surface area contributed by atoms with Crippen molar-refractivity contribution in [3.05, 3.63) is 212 Å². The Bertz CT molecular complexity index is 2250. The zero-order valence-corrected chi connectivity index (χ0v) is 38.4. The molecule has 0 fully saturated rings. The van der Waals surface area contributed by atoms with Gasteiger partial charge in [-0.3, -0.25) is 0 Å². The molecule has 0 aliphatic carbocycles. The molecule has 59 heavy (non-hydrogen) atoms. The molecule has 306 valence electrons. The van der Waals surface area contributed by atoms with Gasteiger partial charge in [0.15, 0.2) is 0 Å². The molecule has 0 aromatic heterocycles. The number of hydrogen-bond donors (Lipinski definition) is 0. The van der Waals surface area contributed by atoms with E-state index in [1.807, 2.05) is 0 Å². The minimum atomic E-state index is -5.95. The van der Waals surface area contributed by atoms with Crippen LogP contribution in [0.25, 0.3) is 0 Å². The third-order valence-corrected chi connectivity index (χ3v) is 53.4. The van der Waals surface area contributed by atoms with Gasteiger partial charge in [0.05, 0.1) is 0 Å². The van der Waals surface area contributed by atoms with Crippen molar-refractivity contribution in [2.75, 3.05) is 0 Å². The van der Waals surface area contributed by atoms with E-state index in [4.69, 9.17) is 19.1 Å². The predicted molar refractivity (Wildman–Crippen MR) is 241 cm³/mol. The molecular weight excluding hydrogens is 912 g/mol. The van der Waals surface area contributed by atoms with Crippen LogP contribution in [0, 0.1) is 41.5 Å².